The zero-order valence-corrected chi connectivity index (χ0v) is 17.5. The molecule has 0 atom stereocenters. The number of sulfone groups is 1. The van der Waals surface area contributed by atoms with E-state index in [4.69, 9.17) is 9.26 Å². The van der Waals surface area contributed by atoms with E-state index < -0.39 is 15.8 Å². The minimum absolute atomic E-state index is 0.0555. The molecule has 0 N–H and O–H groups in total. The topological polar surface area (TPSA) is 99.4 Å². The molecular weight excluding hydrogens is 392 g/mol. The van der Waals surface area contributed by atoms with Gasteiger partial charge in [-0.3, -0.25) is 0 Å². The Morgan fingerprint density at radius 3 is 2.45 bits per heavy atom. The first-order valence-corrected chi connectivity index (χ1v) is 10.9. The normalized spacial score (nSPS) is 11.6. The molecule has 29 heavy (non-hydrogen) atoms. The average molecular weight is 414 g/mol. The van der Waals surface area contributed by atoms with E-state index in [1.807, 2.05) is 24.3 Å². The first-order valence-electron chi connectivity index (χ1n) is 9.06. The van der Waals surface area contributed by atoms with Gasteiger partial charge in [0.1, 0.15) is 0 Å². The van der Waals surface area contributed by atoms with Crippen LogP contribution in [0.1, 0.15) is 47.1 Å². The molecule has 0 radical (unpaired) electrons. The lowest BCUT2D eigenvalue weighted by Gasteiger charge is -2.07. The number of carbonyl (C=O) groups excluding carboxylic acids is 1. The lowest BCUT2D eigenvalue weighted by Crippen LogP contribution is -2.09. The van der Waals surface area contributed by atoms with Crippen molar-refractivity contribution in [3.8, 4) is 11.4 Å². The summed E-state index contributed by atoms with van der Waals surface area (Å²) in [4.78, 5) is 16.7. The van der Waals surface area contributed by atoms with Gasteiger partial charge in [-0.15, -0.1) is 0 Å². The van der Waals surface area contributed by atoms with Gasteiger partial charge in [-0.05, 0) is 36.1 Å². The van der Waals surface area contributed by atoms with E-state index in [-0.39, 0.29) is 23.0 Å². The maximum atomic E-state index is 12.4. The van der Waals surface area contributed by atoms with Crippen LogP contribution in [0.15, 0.2) is 51.9 Å². The number of ether oxygens (including phenoxy) is 1. The number of aromatic nitrogens is 2. The highest BCUT2D eigenvalue weighted by Gasteiger charge is 2.17. The molecule has 0 bridgehead atoms. The van der Waals surface area contributed by atoms with Crippen LogP contribution in [0.3, 0.4) is 0 Å². The van der Waals surface area contributed by atoms with Crippen molar-refractivity contribution in [1.29, 1.82) is 0 Å². The largest absolute Gasteiger partial charge is 0.452 e. The standard InChI is InChI=1S/C21H22N2O5S/c1-13(2)15-6-8-16(9-7-15)20-22-19(28-23-20)12-27-21(24)18-11-17(29(4,25)26)10-5-14(18)3/h5-11,13H,12H2,1-4H3. The number of nitrogens with zero attached hydrogens (tertiary/aromatic N) is 2. The summed E-state index contributed by atoms with van der Waals surface area (Å²) in [6.45, 7) is 5.72. The Hall–Kier alpha value is -3.00. The van der Waals surface area contributed by atoms with Crippen molar-refractivity contribution in [3.63, 3.8) is 0 Å². The summed E-state index contributed by atoms with van der Waals surface area (Å²) in [5, 5.41) is 3.92. The third kappa shape index (κ3) is 4.89. The number of hydrogen-bond acceptors (Lipinski definition) is 7. The predicted molar refractivity (Wildman–Crippen MR) is 107 cm³/mol. The van der Waals surface area contributed by atoms with Crippen molar-refractivity contribution >= 4 is 15.8 Å². The lowest BCUT2D eigenvalue weighted by molar-refractivity contribution is 0.0428. The van der Waals surface area contributed by atoms with Crippen molar-refractivity contribution < 1.29 is 22.5 Å². The Bertz CT molecular complexity index is 1130. The monoisotopic (exact) mass is 414 g/mol. The van der Waals surface area contributed by atoms with Crippen molar-refractivity contribution in [1.82, 2.24) is 10.1 Å². The molecule has 0 unspecified atom stereocenters. The molecular formula is C21H22N2O5S. The van der Waals surface area contributed by atoms with E-state index in [9.17, 15) is 13.2 Å². The maximum Gasteiger partial charge on any atom is 0.338 e. The molecule has 3 rings (SSSR count). The zero-order chi connectivity index (χ0) is 21.2. The van der Waals surface area contributed by atoms with Crippen LogP contribution in [0.5, 0.6) is 0 Å². The number of benzene rings is 2. The third-order valence-electron chi connectivity index (χ3n) is 4.49. The van der Waals surface area contributed by atoms with E-state index in [1.165, 1.54) is 17.7 Å². The highest BCUT2D eigenvalue weighted by Crippen LogP contribution is 2.21. The predicted octanol–water partition coefficient (Wildman–Crippen LogP) is 3.93. The van der Waals surface area contributed by atoms with Gasteiger partial charge in [-0.1, -0.05) is 49.3 Å². The summed E-state index contributed by atoms with van der Waals surface area (Å²) in [5.41, 5.74) is 2.79. The molecule has 8 heteroatoms. The highest BCUT2D eigenvalue weighted by molar-refractivity contribution is 7.90. The fourth-order valence-electron chi connectivity index (χ4n) is 2.70. The molecule has 0 saturated heterocycles. The number of rotatable bonds is 6. The van der Waals surface area contributed by atoms with Crippen LogP contribution >= 0.6 is 0 Å². The summed E-state index contributed by atoms with van der Waals surface area (Å²) in [5.74, 6) is 0.322. The van der Waals surface area contributed by atoms with Gasteiger partial charge in [0, 0.05) is 11.8 Å². The van der Waals surface area contributed by atoms with Gasteiger partial charge in [-0.2, -0.15) is 4.98 Å². The molecule has 0 saturated carbocycles. The minimum atomic E-state index is -3.43. The van der Waals surface area contributed by atoms with Gasteiger partial charge >= 0.3 is 5.97 Å². The summed E-state index contributed by atoms with van der Waals surface area (Å²) in [7, 11) is -3.43. The number of carbonyl (C=O) groups is 1. The highest BCUT2D eigenvalue weighted by atomic mass is 32.2. The molecule has 1 aromatic heterocycles. The molecule has 152 valence electrons. The van der Waals surface area contributed by atoms with Gasteiger partial charge in [0.15, 0.2) is 16.4 Å². The number of esters is 1. The number of aryl methyl sites for hydroxylation is 1. The van der Waals surface area contributed by atoms with Crippen molar-refractivity contribution in [2.24, 2.45) is 0 Å². The molecule has 1 heterocycles. The first kappa shape index (κ1) is 20.7. The van der Waals surface area contributed by atoms with Gasteiger partial charge in [0.2, 0.25) is 5.82 Å². The minimum Gasteiger partial charge on any atom is -0.452 e. The molecule has 7 nitrogen and oxygen atoms in total. The maximum absolute atomic E-state index is 12.4. The summed E-state index contributed by atoms with van der Waals surface area (Å²) >= 11 is 0. The van der Waals surface area contributed by atoms with Crippen LogP contribution in [-0.2, 0) is 21.2 Å². The fraction of sp³-hybridized carbons (Fsp3) is 0.286. The summed E-state index contributed by atoms with van der Waals surface area (Å²) in [6.07, 6.45) is 1.08. The lowest BCUT2D eigenvalue weighted by atomic mass is 10.0. The van der Waals surface area contributed by atoms with Crippen LogP contribution in [0.2, 0.25) is 0 Å². The van der Waals surface area contributed by atoms with E-state index in [0.717, 1.165) is 11.8 Å². The van der Waals surface area contributed by atoms with E-state index >= 15 is 0 Å². The molecule has 0 fully saturated rings. The molecule has 0 aliphatic carbocycles. The first-order chi connectivity index (χ1) is 13.6. The Kier molecular flexibility index (Phi) is 5.83. The van der Waals surface area contributed by atoms with Crippen LogP contribution in [0.4, 0.5) is 0 Å². The summed E-state index contributed by atoms with van der Waals surface area (Å²) in [6, 6.07) is 12.2. The van der Waals surface area contributed by atoms with Crippen LogP contribution in [0, 0.1) is 6.92 Å². The van der Waals surface area contributed by atoms with Crippen molar-refractivity contribution in [3.05, 3.63) is 65.0 Å². The van der Waals surface area contributed by atoms with Crippen molar-refractivity contribution in [2.45, 2.75) is 38.2 Å². The van der Waals surface area contributed by atoms with Crippen molar-refractivity contribution in [2.75, 3.05) is 6.26 Å². The second kappa shape index (κ2) is 8.16. The zero-order valence-electron chi connectivity index (χ0n) is 16.7. The van der Waals surface area contributed by atoms with Crippen LogP contribution in [-0.4, -0.2) is 30.8 Å². The molecule has 0 aliphatic heterocycles. The quantitative estimate of drug-likeness (QED) is 0.564. The molecule has 2 aromatic carbocycles. The second-order valence-electron chi connectivity index (χ2n) is 7.11. The Labute approximate surface area is 169 Å². The molecule has 0 amide bonds. The smallest absolute Gasteiger partial charge is 0.338 e. The van der Waals surface area contributed by atoms with Gasteiger partial charge in [-0.25, -0.2) is 13.2 Å². The Morgan fingerprint density at radius 1 is 1.14 bits per heavy atom. The van der Waals surface area contributed by atoms with E-state index in [1.54, 1.807) is 13.0 Å². The summed E-state index contributed by atoms with van der Waals surface area (Å²) < 4.78 is 33.8. The molecule has 0 aliphatic rings. The van der Waals surface area contributed by atoms with Gasteiger partial charge in [0.05, 0.1) is 10.5 Å². The Balaban J connectivity index is 1.70. The Morgan fingerprint density at radius 2 is 1.83 bits per heavy atom. The third-order valence-corrected chi connectivity index (χ3v) is 5.60. The SMILES string of the molecule is Cc1ccc(S(C)(=O)=O)cc1C(=O)OCc1nc(-c2ccc(C(C)C)cc2)no1. The van der Waals surface area contributed by atoms with Crippen LogP contribution < -0.4 is 0 Å². The van der Waals surface area contributed by atoms with Gasteiger partial charge in [0.25, 0.3) is 5.89 Å². The van der Waals surface area contributed by atoms with E-state index in [2.05, 4.69) is 24.0 Å². The van der Waals surface area contributed by atoms with Gasteiger partial charge < -0.3 is 9.26 Å². The molecule has 3 aromatic rings. The average Bonchev–Trinajstić information content (AvgIpc) is 3.14. The van der Waals surface area contributed by atoms with E-state index in [0.29, 0.717) is 17.3 Å². The number of hydrogen-bond donors (Lipinski definition) is 0. The fourth-order valence-corrected chi connectivity index (χ4v) is 3.35. The second-order valence-corrected chi connectivity index (χ2v) is 9.13. The molecule has 0 spiro atoms. The van der Waals surface area contributed by atoms with Crippen LogP contribution in [0.25, 0.3) is 11.4 Å².